The lowest BCUT2D eigenvalue weighted by atomic mass is 10.2. The zero-order valence-corrected chi connectivity index (χ0v) is 9.73. The lowest BCUT2D eigenvalue weighted by molar-refractivity contribution is 0.456. The second-order valence-corrected chi connectivity index (χ2v) is 5.22. The number of thiazole rings is 1. The summed E-state index contributed by atoms with van der Waals surface area (Å²) < 4.78 is 0. The van der Waals surface area contributed by atoms with Crippen LogP contribution in [0.3, 0.4) is 0 Å². The summed E-state index contributed by atoms with van der Waals surface area (Å²) >= 11 is 1.74. The molecule has 1 atom stereocenters. The summed E-state index contributed by atoms with van der Waals surface area (Å²) in [5.74, 6) is 0. The van der Waals surface area contributed by atoms with Gasteiger partial charge < -0.3 is 5.32 Å². The number of hydrogen-bond acceptors (Lipinski definition) is 3. The molecule has 1 heterocycles. The molecule has 2 rings (SSSR count). The monoisotopic (exact) mass is 210 g/mol. The third-order valence-corrected chi connectivity index (χ3v) is 3.71. The van der Waals surface area contributed by atoms with Crippen molar-refractivity contribution in [2.24, 2.45) is 0 Å². The van der Waals surface area contributed by atoms with Crippen LogP contribution in [0.15, 0.2) is 5.38 Å². The van der Waals surface area contributed by atoms with Crippen molar-refractivity contribution in [1.82, 2.24) is 10.3 Å². The Morgan fingerprint density at radius 1 is 1.50 bits per heavy atom. The Morgan fingerprint density at radius 3 is 2.79 bits per heavy atom. The largest absolute Gasteiger partial charge is 0.306 e. The van der Waals surface area contributed by atoms with E-state index < -0.39 is 0 Å². The first kappa shape index (κ1) is 10.1. The Labute approximate surface area is 89.8 Å². The van der Waals surface area contributed by atoms with Crippen molar-refractivity contribution >= 4 is 11.3 Å². The molecule has 1 aliphatic rings. The average molecular weight is 210 g/mol. The fourth-order valence-electron chi connectivity index (χ4n) is 2.11. The second-order valence-electron chi connectivity index (χ2n) is 4.16. The van der Waals surface area contributed by atoms with Crippen molar-refractivity contribution in [3.05, 3.63) is 16.1 Å². The first-order valence-electron chi connectivity index (χ1n) is 5.44. The zero-order chi connectivity index (χ0) is 9.97. The van der Waals surface area contributed by atoms with Crippen molar-refractivity contribution in [3.8, 4) is 0 Å². The molecule has 3 heteroatoms. The Hall–Kier alpha value is -0.410. The van der Waals surface area contributed by atoms with E-state index in [1.807, 2.05) is 0 Å². The molecule has 0 bridgehead atoms. The van der Waals surface area contributed by atoms with Gasteiger partial charge in [-0.25, -0.2) is 4.98 Å². The molecule has 0 amide bonds. The van der Waals surface area contributed by atoms with E-state index in [9.17, 15) is 0 Å². The van der Waals surface area contributed by atoms with E-state index in [1.54, 1.807) is 11.3 Å². The molecule has 1 aromatic rings. The minimum Gasteiger partial charge on any atom is -0.306 e. The zero-order valence-electron chi connectivity index (χ0n) is 8.92. The summed E-state index contributed by atoms with van der Waals surface area (Å²) in [6.45, 7) is 4.28. The van der Waals surface area contributed by atoms with Gasteiger partial charge >= 0.3 is 0 Å². The molecule has 1 unspecified atom stereocenters. The SMILES string of the molecule is Cc1nc(C(C)NC2CCCC2)cs1. The van der Waals surface area contributed by atoms with Gasteiger partial charge in [-0.3, -0.25) is 0 Å². The summed E-state index contributed by atoms with van der Waals surface area (Å²) in [6.07, 6.45) is 5.46. The number of aromatic nitrogens is 1. The Morgan fingerprint density at radius 2 is 2.21 bits per heavy atom. The van der Waals surface area contributed by atoms with E-state index in [0.29, 0.717) is 6.04 Å². The molecule has 2 nitrogen and oxygen atoms in total. The standard InChI is InChI=1S/C11H18N2S/c1-8(11-7-14-9(2)13-11)12-10-5-3-4-6-10/h7-8,10,12H,3-6H2,1-2H3. The van der Waals surface area contributed by atoms with Gasteiger partial charge in [0.1, 0.15) is 0 Å². The molecule has 0 radical (unpaired) electrons. The van der Waals surface area contributed by atoms with Gasteiger partial charge in [-0.2, -0.15) is 0 Å². The number of nitrogens with one attached hydrogen (secondary N) is 1. The van der Waals surface area contributed by atoms with Crippen LogP contribution in [0.4, 0.5) is 0 Å². The molecule has 78 valence electrons. The minimum absolute atomic E-state index is 0.419. The molecule has 14 heavy (non-hydrogen) atoms. The highest BCUT2D eigenvalue weighted by molar-refractivity contribution is 7.09. The Bertz CT molecular complexity index is 289. The van der Waals surface area contributed by atoms with E-state index in [1.165, 1.54) is 36.4 Å². The van der Waals surface area contributed by atoms with Gasteiger partial charge in [0.15, 0.2) is 0 Å². The van der Waals surface area contributed by atoms with Crippen LogP contribution in [0.5, 0.6) is 0 Å². The predicted octanol–water partition coefficient (Wildman–Crippen LogP) is 3.04. The summed E-state index contributed by atoms with van der Waals surface area (Å²) in [5.41, 5.74) is 1.21. The quantitative estimate of drug-likeness (QED) is 0.829. The fraction of sp³-hybridized carbons (Fsp3) is 0.727. The lowest BCUT2D eigenvalue weighted by Gasteiger charge is -2.17. The van der Waals surface area contributed by atoms with Crippen LogP contribution in [-0.4, -0.2) is 11.0 Å². The van der Waals surface area contributed by atoms with Gasteiger partial charge in [-0.15, -0.1) is 11.3 Å². The first-order chi connectivity index (χ1) is 6.75. The third-order valence-electron chi connectivity index (χ3n) is 2.92. The van der Waals surface area contributed by atoms with Gasteiger partial charge in [0.25, 0.3) is 0 Å². The molecule has 1 aromatic heterocycles. The average Bonchev–Trinajstić information content (AvgIpc) is 2.75. The Balaban J connectivity index is 1.91. The normalized spacial score (nSPS) is 20.1. The maximum Gasteiger partial charge on any atom is 0.0898 e. The van der Waals surface area contributed by atoms with Gasteiger partial charge in [0, 0.05) is 17.5 Å². The minimum atomic E-state index is 0.419. The van der Waals surface area contributed by atoms with Crippen LogP contribution in [-0.2, 0) is 0 Å². The number of nitrogens with zero attached hydrogens (tertiary/aromatic N) is 1. The molecule has 1 saturated carbocycles. The number of rotatable bonds is 3. The van der Waals surface area contributed by atoms with Crippen molar-refractivity contribution < 1.29 is 0 Å². The highest BCUT2D eigenvalue weighted by atomic mass is 32.1. The smallest absolute Gasteiger partial charge is 0.0898 e. The highest BCUT2D eigenvalue weighted by Gasteiger charge is 2.18. The summed E-state index contributed by atoms with van der Waals surface area (Å²) in [6, 6.07) is 1.15. The van der Waals surface area contributed by atoms with Crippen LogP contribution in [0.2, 0.25) is 0 Å². The van der Waals surface area contributed by atoms with E-state index in [0.717, 1.165) is 6.04 Å². The van der Waals surface area contributed by atoms with E-state index >= 15 is 0 Å². The van der Waals surface area contributed by atoms with Gasteiger partial charge in [0.2, 0.25) is 0 Å². The molecule has 0 aliphatic heterocycles. The maximum absolute atomic E-state index is 4.51. The second kappa shape index (κ2) is 4.41. The van der Waals surface area contributed by atoms with Crippen LogP contribution < -0.4 is 5.32 Å². The number of hydrogen-bond donors (Lipinski definition) is 1. The lowest BCUT2D eigenvalue weighted by Crippen LogP contribution is -2.29. The van der Waals surface area contributed by atoms with Crippen LogP contribution in [0.1, 0.15) is 49.4 Å². The van der Waals surface area contributed by atoms with Gasteiger partial charge in [-0.1, -0.05) is 12.8 Å². The molecule has 0 aromatic carbocycles. The van der Waals surface area contributed by atoms with Crippen molar-refractivity contribution in [2.45, 2.75) is 51.6 Å². The molecule has 0 spiro atoms. The van der Waals surface area contributed by atoms with E-state index in [4.69, 9.17) is 0 Å². The molecular weight excluding hydrogens is 192 g/mol. The van der Waals surface area contributed by atoms with Gasteiger partial charge in [-0.05, 0) is 26.7 Å². The van der Waals surface area contributed by atoms with Crippen LogP contribution in [0, 0.1) is 6.92 Å². The Kier molecular flexibility index (Phi) is 3.19. The first-order valence-corrected chi connectivity index (χ1v) is 6.32. The summed E-state index contributed by atoms with van der Waals surface area (Å²) in [4.78, 5) is 4.51. The van der Waals surface area contributed by atoms with Crippen LogP contribution in [0.25, 0.3) is 0 Å². The highest BCUT2D eigenvalue weighted by Crippen LogP contribution is 2.22. The van der Waals surface area contributed by atoms with Crippen LogP contribution >= 0.6 is 11.3 Å². The molecular formula is C11H18N2S. The van der Waals surface area contributed by atoms with Crippen molar-refractivity contribution in [3.63, 3.8) is 0 Å². The predicted molar refractivity (Wildman–Crippen MR) is 60.7 cm³/mol. The topological polar surface area (TPSA) is 24.9 Å². The van der Waals surface area contributed by atoms with E-state index in [2.05, 4.69) is 29.5 Å². The van der Waals surface area contributed by atoms with Crippen molar-refractivity contribution in [2.75, 3.05) is 0 Å². The number of aryl methyl sites for hydroxylation is 1. The van der Waals surface area contributed by atoms with E-state index in [-0.39, 0.29) is 0 Å². The van der Waals surface area contributed by atoms with Gasteiger partial charge in [0.05, 0.1) is 10.7 Å². The third kappa shape index (κ3) is 2.34. The molecule has 1 aliphatic carbocycles. The summed E-state index contributed by atoms with van der Waals surface area (Å²) in [5, 5.41) is 6.99. The fourth-order valence-corrected chi connectivity index (χ4v) is 2.82. The molecule has 1 fully saturated rings. The maximum atomic E-state index is 4.51. The summed E-state index contributed by atoms with van der Waals surface area (Å²) in [7, 11) is 0. The van der Waals surface area contributed by atoms with Crippen molar-refractivity contribution in [1.29, 1.82) is 0 Å². The molecule has 1 N–H and O–H groups in total. The molecule has 0 saturated heterocycles.